The Morgan fingerprint density at radius 2 is 2.00 bits per heavy atom. The average molecular weight is 417 g/mol. The maximum absolute atomic E-state index is 5.82. The standard InChI is InChI=1S/C17H27N3O.HI/c1-13(2)15-6-8-16(9-7-15)21-11-10-19-17(18)20-12-14-4-3-5-14;/h6-9,13-14H,3-5,10-12H2,1-2H3,(H3,18,19,20);1H. The normalized spacial score (nSPS) is 15.1. The maximum atomic E-state index is 5.82. The second-order valence-electron chi connectivity index (χ2n) is 6.02. The van der Waals surface area contributed by atoms with Gasteiger partial charge < -0.3 is 15.8 Å². The largest absolute Gasteiger partial charge is 0.492 e. The lowest BCUT2D eigenvalue weighted by Gasteiger charge is -2.23. The van der Waals surface area contributed by atoms with E-state index in [1.54, 1.807) is 0 Å². The first-order chi connectivity index (χ1) is 10.1. The first kappa shape index (κ1) is 19.1. The first-order valence-corrected chi connectivity index (χ1v) is 7.91. The van der Waals surface area contributed by atoms with Gasteiger partial charge in [0.25, 0.3) is 0 Å². The van der Waals surface area contributed by atoms with E-state index in [9.17, 15) is 0 Å². The van der Waals surface area contributed by atoms with Crippen LogP contribution in [0.5, 0.6) is 5.75 Å². The van der Waals surface area contributed by atoms with E-state index < -0.39 is 0 Å². The van der Waals surface area contributed by atoms with Crippen molar-refractivity contribution in [1.82, 2.24) is 5.32 Å². The van der Waals surface area contributed by atoms with Crippen LogP contribution in [0.15, 0.2) is 29.3 Å². The van der Waals surface area contributed by atoms with E-state index in [1.165, 1.54) is 24.8 Å². The topological polar surface area (TPSA) is 59.6 Å². The van der Waals surface area contributed by atoms with E-state index in [4.69, 9.17) is 10.5 Å². The highest BCUT2D eigenvalue weighted by atomic mass is 127. The Kier molecular flexibility index (Phi) is 8.60. The summed E-state index contributed by atoms with van der Waals surface area (Å²) in [4.78, 5) is 4.35. The van der Waals surface area contributed by atoms with Gasteiger partial charge in [0.1, 0.15) is 12.4 Å². The quantitative estimate of drug-likeness (QED) is 0.309. The van der Waals surface area contributed by atoms with Crippen molar-refractivity contribution in [2.24, 2.45) is 16.6 Å². The third-order valence-corrected chi connectivity index (χ3v) is 3.97. The van der Waals surface area contributed by atoms with Crippen molar-refractivity contribution in [1.29, 1.82) is 0 Å². The third kappa shape index (κ3) is 6.42. The maximum Gasteiger partial charge on any atom is 0.188 e. The van der Waals surface area contributed by atoms with Gasteiger partial charge in [0.05, 0.1) is 6.54 Å². The van der Waals surface area contributed by atoms with Gasteiger partial charge in [0.15, 0.2) is 5.96 Å². The second-order valence-corrected chi connectivity index (χ2v) is 6.02. The van der Waals surface area contributed by atoms with Crippen LogP contribution in [0, 0.1) is 5.92 Å². The lowest BCUT2D eigenvalue weighted by molar-refractivity contribution is 0.320. The highest BCUT2D eigenvalue weighted by Gasteiger charge is 2.16. The molecule has 0 atom stereocenters. The summed E-state index contributed by atoms with van der Waals surface area (Å²) in [6.45, 7) is 6.49. The van der Waals surface area contributed by atoms with Crippen LogP contribution < -0.4 is 15.8 Å². The van der Waals surface area contributed by atoms with Crippen LogP contribution >= 0.6 is 24.0 Å². The number of nitrogens with two attached hydrogens (primary N) is 1. The zero-order valence-electron chi connectivity index (χ0n) is 13.5. The molecular weight excluding hydrogens is 389 g/mol. The van der Waals surface area contributed by atoms with Gasteiger partial charge in [-0.25, -0.2) is 0 Å². The molecule has 0 heterocycles. The fourth-order valence-electron chi connectivity index (χ4n) is 2.26. The van der Waals surface area contributed by atoms with Crippen molar-refractivity contribution in [3.63, 3.8) is 0 Å². The summed E-state index contributed by atoms with van der Waals surface area (Å²) in [6.07, 6.45) is 3.94. The Bertz CT molecular complexity index is 455. The zero-order chi connectivity index (χ0) is 15.1. The number of halogens is 1. The molecule has 0 aliphatic heterocycles. The van der Waals surface area contributed by atoms with Gasteiger partial charge >= 0.3 is 0 Å². The molecule has 2 rings (SSSR count). The van der Waals surface area contributed by atoms with E-state index in [2.05, 4.69) is 36.3 Å². The molecule has 1 fully saturated rings. The molecule has 5 heteroatoms. The van der Waals surface area contributed by atoms with Crippen LogP contribution in [0.3, 0.4) is 0 Å². The first-order valence-electron chi connectivity index (χ1n) is 7.91. The van der Waals surface area contributed by atoms with Crippen LogP contribution in [-0.4, -0.2) is 25.7 Å². The summed E-state index contributed by atoms with van der Waals surface area (Å²) in [5, 5.41) is 3.09. The van der Waals surface area contributed by atoms with Gasteiger partial charge in [0, 0.05) is 6.54 Å². The number of aliphatic imine (C=N–C) groups is 1. The predicted molar refractivity (Wildman–Crippen MR) is 103 cm³/mol. The highest BCUT2D eigenvalue weighted by molar-refractivity contribution is 14.0. The molecule has 0 unspecified atom stereocenters. The molecule has 1 aromatic carbocycles. The third-order valence-electron chi connectivity index (χ3n) is 3.97. The van der Waals surface area contributed by atoms with Gasteiger partial charge in [-0.05, 0) is 42.4 Å². The number of hydrogen-bond acceptors (Lipinski definition) is 2. The minimum Gasteiger partial charge on any atom is -0.492 e. The van der Waals surface area contributed by atoms with E-state index in [1.807, 2.05) is 12.1 Å². The number of guanidine groups is 1. The van der Waals surface area contributed by atoms with Crippen LogP contribution in [0.2, 0.25) is 0 Å². The number of nitrogens with zero attached hydrogens (tertiary/aromatic N) is 1. The SMILES string of the molecule is CC(C)c1ccc(OCCNC(N)=NCC2CCC2)cc1.I. The number of hydrogen-bond donors (Lipinski definition) is 2. The van der Waals surface area contributed by atoms with E-state index in [-0.39, 0.29) is 24.0 Å². The summed E-state index contributed by atoms with van der Waals surface area (Å²) in [5.74, 6) is 2.72. The summed E-state index contributed by atoms with van der Waals surface area (Å²) in [6, 6.07) is 8.26. The molecule has 0 bridgehead atoms. The summed E-state index contributed by atoms with van der Waals surface area (Å²) >= 11 is 0. The number of rotatable bonds is 7. The van der Waals surface area contributed by atoms with Crippen LogP contribution in [0.25, 0.3) is 0 Å². The number of ether oxygens (including phenoxy) is 1. The smallest absolute Gasteiger partial charge is 0.188 e. The van der Waals surface area contributed by atoms with Crippen LogP contribution in [0.1, 0.15) is 44.6 Å². The van der Waals surface area contributed by atoms with Gasteiger partial charge in [-0.2, -0.15) is 0 Å². The monoisotopic (exact) mass is 417 g/mol. The molecule has 1 aliphatic carbocycles. The summed E-state index contributed by atoms with van der Waals surface area (Å²) in [7, 11) is 0. The molecule has 3 N–H and O–H groups in total. The van der Waals surface area contributed by atoms with Gasteiger partial charge in [-0.1, -0.05) is 32.4 Å². The van der Waals surface area contributed by atoms with Gasteiger partial charge in [-0.3, -0.25) is 4.99 Å². The molecule has 1 aromatic rings. The van der Waals surface area contributed by atoms with Crippen molar-refractivity contribution in [3.05, 3.63) is 29.8 Å². The molecular formula is C17H28IN3O. The molecule has 0 radical (unpaired) electrons. The molecule has 0 spiro atoms. The predicted octanol–water partition coefficient (Wildman–Crippen LogP) is 3.51. The van der Waals surface area contributed by atoms with Crippen molar-refractivity contribution >= 4 is 29.9 Å². The Labute approximate surface area is 150 Å². The minimum atomic E-state index is 0. The van der Waals surface area contributed by atoms with Crippen molar-refractivity contribution in [2.45, 2.75) is 39.0 Å². The van der Waals surface area contributed by atoms with Crippen molar-refractivity contribution < 1.29 is 4.74 Å². The zero-order valence-corrected chi connectivity index (χ0v) is 15.9. The highest BCUT2D eigenvalue weighted by Crippen LogP contribution is 2.26. The molecule has 1 aliphatic rings. The fraction of sp³-hybridized carbons (Fsp3) is 0.588. The van der Waals surface area contributed by atoms with Gasteiger partial charge in [0.2, 0.25) is 0 Å². The number of nitrogens with one attached hydrogen (secondary N) is 1. The van der Waals surface area contributed by atoms with Crippen molar-refractivity contribution in [3.8, 4) is 5.75 Å². The lowest BCUT2D eigenvalue weighted by Crippen LogP contribution is -2.35. The molecule has 22 heavy (non-hydrogen) atoms. The van der Waals surface area contributed by atoms with E-state index >= 15 is 0 Å². The minimum absolute atomic E-state index is 0. The molecule has 1 saturated carbocycles. The summed E-state index contributed by atoms with van der Waals surface area (Å²) in [5.41, 5.74) is 7.14. The molecule has 0 aromatic heterocycles. The van der Waals surface area contributed by atoms with Gasteiger partial charge in [-0.15, -0.1) is 24.0 Å². The van der Waals surface area contributed by atoms with E-state index in [0.717, 1.165) is 18.2 Å². The van der Waals surface area contributed by atoms with Crippen molar-refractivity contribution in [2.75, 3.05) is 19.7 Å². The Morgan fingerprint density at radius 1 is 1.32 bits per heavy atom. The van der Waals surface area contributed by atoms with E-state index in [0.29, 0.717) is 25.0 Å². The van der Waals surface area contributed by atoms with Crippen LogP contribution in [0.4, 0.5) is 0 Å². The average Bonchev–Trinajstić information content (AvgIpc) is 2.42. The lowest BCUT2D eigenvalue weighted by atomic mass is 9.86. The Morgan fingerprint density at radius 3 is 2.55 bits per heavy atom. The Balaban J connectivity index is 0.00000242. The molecule has 124 valence electrons. The Hall–Kier alpha value is -0.980. The summed E-state index contributed by atoms with van der Waals surface area (Å²) < 4.78 is 5.68. The number of benzene rings is 1. The fourth-order valence-corrected chi connectivity index (χ4v) is 2.26. The van der Waals surface area contributed by atoms with Crippen LogP contribution in [-0.2, 0) is 0 Å². The molecule has 0 saturated heterocycles. The molecule has 4 nitrogen and oxygen atoms in total. The molecule has 0 amide bonds. The second kappa shape index (κ2) is 9.92.